The number of hydrogen-bond acceptors (Lipinski definition) is 7. The minimum Gasteiger partial charge on any atom is -0.384 e. The molecule has 3 aromatic rings. The molecule has 2 atom stereocenters. The summed E-state index contributed by atoms with van der Waals surface area (Å²) in [6.07, 6.45) is 4.75. The number of aromatic nitrogens is 3. The van der Waals surface area contributed by atoms with Gasteiger partial charge in [-0.1, -0.05) is 29.4 Å². The summed E-state index contributed by atoms with van der Waals surface area (Å²) in [5, 5.41) is 17.8. The van der Waals surface area contributed by atoms with Crippen LogP contribution in [-0.4, -0.2) is 38.6 Å². The fourth-order valence-electron chi connectivity index (χ4n) is 3.88. The highest BCUT2D eigenvalue weighted by molar-refractivity contribution is 6.08. The average molecular weight is 406 g/mol. The number of Topliss-reactive ketones (excluding diaryl/α,β-unsaturated/α-hetero) is 1. The predicted molar refractivity (Wildman–Crippen MR) is 112 cm³/mol. The number of hydrogen-bond donors (Lipinski definition) is 2. The Morgan fingerprint density at radius 2 is 1.97 bits per heavy atom. The van der Waals surface area contributed by atoms with E-state index in [1.807, 2.05) is 18.2 Å². The highest BCUT2D eigenvalue weighted by Gasteiger charge is 2.47. The fourth-order valence-corrected chi connectivity index (χ4v) is 3.88. The Kier molecular flexibility index (Phi) is 5.26. The number of rotatable bonds is 5. The summed E-state index contributed by atoms with van der Waals surface area (Å²) in [5.74, 6) is 0.902. The summed E-state index contributed by atoms with van der Waals surface area (Å²) in [6, 6.07) is 11.1. The molecule has 3 heterocycles. The van der Waals surface area contributed by atoms with Crippen molar-refractivity contribution in [1.29, 1.82) is 0 Å². The molecule has 4 rings (SSSR count). The number of piperidine rings is 1. The van der Waals surface area contributed by atoms with Crippen LogP contribution in [0.3, 0.4) is 0 Å². The molecule has 30 heavy (non-hydrogen) atoms. The van der Waals surface area contributed by atoms with Crippen molar-refractivity contribution in [1.82, 2.24) is 20.4 Å². The zero-order valence-corrected chi connectivity index (χ0v) is 17.4. The number of ketones is 1. The van der Waals surface area contributed by atoms with Gasteiger partial charge in [-0.2, -0.15) is 0 Å². The van der Waals surface area contributed by atoms with E-state index in [0.717, 1.165) is 6.42 Å². The Labute approximate surface area is 175 Å². The summed E-state index contributed by atoms with van der Waals surface area (Å²) in [4.78, 5) is 22.7. The van der Waals surface area contributed by atoms with Crippen LogP contribution in [0.1, 0.15) is 55.4 Å². The molecule has 2 N–H and O–H groups in total. The third kappa shape index (κ3) is 3.66. The molecule has 2 aromatic heterocycles. The number of nitrogens with zero attached hydrogens (tertiary/aromatic N) is 3. The quantitative estimate of drug-likeness (QED) is 0.627. The first-order chi connectivity index (χ1) is 14.3. The fraction of sp³-hybridized carbons (Fsp3) is 0.391. The molecule has 1 saturated heterocycles. The first-order valence-corrected chi connectivity index (χ1v) is 10.2. The monoisotopic (exact) mass is 406 g/mol. The first-order valence-electron chi connectivity index (χ1n) is 10.2. The van der Waals surface area contributed by atoms with Gasteiger partial charge in [0.1, 0.15) is 16.7 Å². The second kappa shape index (κ2) is 7.74. The number of nitrogens with one attached hydrogen (secondary N) is 1. The van der Waals surface area contributed by atoms with Crippen molar-refractivity contribution in [3.63, 3.8) is 0 Å². The van der Waals surface area contributed by atoms with E-state index in [9.17, 15) is 9.90 Å². The summed E-state index contributed by atoms with van der Waals surface area (Å²) in [7, 11) is 0. The van der Waals surface area contributed by atoms with E-state index in [1.54, 1.807) is 44.4 Å². The maximum Gasteiger partial charge on any atom is 0.178 e. The molecule has 0 saturated carbocycles. The molecule has 0 radical (unpaired) electrons. The number of carbonyl (C=O) groups excluding carboxylic acids is 1. The van der Waals surface area contributed by atoms with Gasteiger partial charge in [-0.25, -0.2) is 9.97 Å². The lowest BCUT2D eigenvalue weighted by molar-refractivity contribution is 0.0695. The van der Waals surface area contributed by atoms with Gasteiger partial charge in [0.15, 0.2) is 17.4 Å². The van der Waals surface area contributed by atoms with E-state index >= 15 is 0 Å². The van der Waals surface area contributed by atoms with Crippen molar-refractivity contribution in [3.8, 4) is 11.4 Å². The minimum absolute atomic E-state index is 0.0663. The van der Waals surface area contributed by atoms with Crippen LogP contribution in [0.15, 0.2) is 53.3 Å². The van der Waals surface area contributed by atoms with Crippen LogP contribution in [0.4, 0.5) is 0 Å². The van der Waals surface area contributed by atoms with Crippen molar-refractivity contribution in [2.45, 2.75) is 50.7 Å². The molecule has 0 bridgehead atoms. The van der Waals surface area contributed by atoms with Gasteiger partial charge in [-0.05, 0) is 39.7 Å². The average Bonchev–Trinajstić information content (AvgIpc) is 3.26. The zero-order chi connectivity index (χ0) is 21.4. The van der Waals surface area contributed by atoms with Gasteiger partial charge >= 0.3 is 0 Å². The van der Waals surface area contributed by atoms with Crippen LogP contribution in [0.2, 0.25) is 0 Å². The standard InChI is InChI=1S/C23H26N4O3/c1-15-9-10-23(14-26-15,19-13-18(27-30-19)22(2,3)29)20(28)16-7-4-5-8-17(16)21-24-11-6-12-25-21/h4-8,11-13,15,26,29H,9-10,14H2,1-3H3/t15-,23-/m1/s1. The van der Waals surface area contributed by atoms with E-state index in [2.05, 4.69) is 27.4 Å². The number of carbonyl (C=O) groups is 1. The van der Waals surface area contributed by atoms with Crippen LogP contribution in [0.5, 0.6) is 0 Å². The molecule has 0 spiro atoms. The molecular formula is C23H26N4O3. The van der Waals surface area contributed by atoms with Crippen molar-refractivity contribution in [2.24, 2.45) is 0 Å². The van der Waals surface area contributed by atoms with Crippen LogP contribution in [0.25, 0.3) is 11.4 Å². The SMILES string of the molecule is C[C@@H]1CC[C@](C(=O)c2ccccc2-c2ncccn2)(c2cc(C(C)(C)O)no2)CN1. The van der Waals surface area contributed by atoms with Crippen LogP contribution >= 0.6 is 0 Å². The Bertz CT molecular complexity index is 1030. The largest absolute Gasteiger partial charge is 0.384 e. The van der Waals surface area contributed by atoms with Crippen molar-refractivity contribution in [2.75, 3.05) is 6.54 Å². The molecule has 7 heteroatoms. The van der Waals surface area contributed by atoms with Gasteiger partial charge in [0.05, 0.1) is 0 Å². The Morgan fingerprint density at radius 3 is 2.60 bits per heavy atom. The molecule has 1 aromatic carbocycles. The van der Waals surface area contributed by atoms with Crippen LogP contribution in [-0.2, 0) is 11.0 Å². The third-order valence-electron chi connectivity index (χ3n) is 5.78. The molecule has 1 aliphatic heterocycles. The predicted octanol–water partition coefficient (Wildman–Crippen LogP) is 3.25. The molecule has 1 aliphatic rings. The molecule has 1 fully saturated rings. The van der Waals surface area contributed by atoms with Gasteiger partial charge in [0.2, 0.25) is 0 Å². The number of benzene rings is 1. The van der Waals surface area contributed by atoms with Gasteiger partial charge in [-0.3, -0.25) is 4.79 Å². The third-order valence-corrected chi connectivity index (χ3v) is 5.78. The Morgan fingerprint density at radius 1 is 1.23 bits per heavy atom. The summed E-state index contributed by atoms with van der Waals surface area (Å²) in [6.45, 7) is 5.82. The molecular weight excluding hydrogens is 380 g/mol. The van der Waals surface area contributed by atoms with Crippen LogP contribution in [0, 0.1) is 0 Å². The van der Waals surface area contributed by atoms with Gasteiger partial charge in [-0.15, -0.1) is 0 Å². The van der Waals surface area contributed by atoms with E-state index in [1.165, 1.54) is 0 Å². The van der Waals surface area contributed by atoms with Gasteiger partial charge < -0.3 is 14.9 Å². The minimum atomic E-state index is -1.16. The van der Waals surface area contributed by atoms with E-state index in [-0.39, 0.29) is 5.78 Å². The molecule has 0 unspecified atom stereocenters. The normalized spacial score (nSPS) is 22.1. The first kappa shape index (κ1) is 20.4. The second-order valence-electron chi connectivity index (χ2n) is 8.49. The summed E-state index contributed by atoms with van der Waals surface area (Å²) >= 11 is 0. The van der Waals surface area contributed by atoms with Gasteiger partial charge in [0.25, 0.3) is 0 Å². The van der Waals surface area contributed by atoms with Crippen molar-refractivity contribution < 1.29 is 14.4 Å². The zero-order valence-electron chi connectivity index (χ0n) is 17.4. The summed E-state index contributed by atoms with van der Waals surface area (Å²) in [5.41, 5.74) is -0.446. The summed E-state index contributed by atoms with van der Waals surface area (Å²) < 4.78 is 5.66. The van der Waals surface area contributed by atoms with Gasteiger partial charge in [0, 0.05) is 42.2 Å². The topological polar surface area (TPSA) is 101 Å². The lowest BCUT2D eigenvalue weighted by Crippen LogP contribution is -2.52. The van der Waals surface area contributed by atoms with Crippen LogP contribution < -0.4 is 5.32 Å². The maximum absolute atomic E-state index is 14.0. The van der Waals surface area contributed by atoms with E-state index in [0.29, 0.717) is 47.4 Å². The number of aliphatic hydroxyl groups is 1. The maximum atomic E-state index is 14.0. The second-order valence-corrected chi connectivity index (χ2v) is 8.49. The molecule has 0 amide bonds. The van der Waals surface area contributed by atoms with E-state index < -0.39 is 11.0 Å². The molecule has 7 nitrogen and oxygen atoms in total. The smallest absolute Gasteiger partial charge is 0.178 e. The van der Waals surface area contributed by atoms with Crippen molar-refractivity contribution in [3.05, 3.63) is 65.8 Å². The lowest BCUT2D eigenvalue weighted by Gasteiger charge is -2.37. The Hall–Kier alpha value is -2.90. The van der Waals surface area contributed by atoms with E-state index in [4.69, 9.17) is 4.52 Å². The molecule has 0 aliphatic carbocycles. The highest BCUT2D eigenvalue weighted by atomic mass is 16.5. The Balaban J connectivity index is 1.82. The highest BCUT2D eigenvalue weighted by Crippen LogP contribution is 2.39. The lowest BCUT2D eigenvalue weighted by atomic mass is 9.70. The molecule has 156 valence electrons. The van der Waals surface area contributed by atoms with Crippen molar-refractivity contribution >= 4 is 5.78 Å².